The molecule has 1 aliphatic heterocycles. The van der Waals surface area contributed by atoms with Crippen LogP contribution in [0, 0.1) is 11.3 Å². The lowest BCUT2D eigenvalue weighted by Gasteiger charge is -2.13. The zero-order valence-electron chi connectivity index (χ0n) is 10.8. The monoisotopic (exact) mass is 328 g/mol. The summed E-state index contributed by atoms with van der Waals surface area (Å²) in [6.45, 7) is 0.718. The number of hydrogen-bond donors (Lipinski definition) is 1. The number of benzene rings is 2. The predicted molar refractivity (Wildman–Crippen MR) is 81.9 cm³/mol. The lowest BCUT2D eigenvalue weighted by Crippen LogP contribution is -2.23. The molecule has 1 heterocycles. The van der Waals surface area contributed by atoms with Crippen LogP contribution in [-0.2, 0) is 6.42 Å². The van der Waals surface area contributed by atoms with Gasteiger partial charge in [0.2, 0.25) is 0 Å². The van der Waals surface area contributed by atoms with Crippen LogP contribution in [0.5, 0.6) is 5.75 Å². The Hall–Kier alpha value is -1.99. The summed E-state index contributed by atoms with van der Waals surface area (Å²) in [6, 6.07) is 15.9. The molecule has 1 unspecified atom stereocenters. The molecule has 0 aromatic heterocycles. The second-order valence-electron chi connectivity index (χ2n) is 4.77. The first-order valence-electron chi connectivity index (χ1n) is 6.44. The Labute approximate surface area is 126 Å². The highest BCUT2D eigenvalue weighted by Crippen LogP contribution is 2.28. The van der Waals surface area contributed by atoms with Crippen LogP contribution in [0.2, 0.25) is 0 Å². The lowest BCUT2D eigenvalue weighted by molar-refractivity contribution is 0.246. The summed E-state index contributed by atoms with van der Waals surface area (Å²) in [5.41, 5.74) is 2.82. The zero-order valence-corrected chi connectivity index (χ0v) is 12.4. The van der Waals surface area contributed by atoms with Gasteiger partial charge in [0.25, 0.3) is 0 Å². The molecule has 0 bridgehead atoms. The first-order chi connectivity index (χ1) is 9.74. The van der Waals surface area contributed by atoms with Crippen molar-refractivity contribution in [1.29, 1.82) is 5.26 Å². The molecule has 2 aromatic carbocycles. The van der Waals surface area contributed by atoms with Crippen LogP contribution in [0.1, 0.15) is 11.1 Å². The number of halogens is 1. The molecule has 0 saturated heterocycles. The molecule has 0 radical (unpaired) electrons. The van der Waals surface area contributed by atoms with Crippen LogP contribution in [0.4, 0.5) is 5.69 Å². The van der Waals surface area contributed by atoms with E-state index in [1.807, 2.05) is 30.3 Å². The Morgan fingerprint density at radius 1 is 1.30 bits per heavy atom. The Kier molecular flexibility index (Phi) is 3.62. The Morgan fingerprint density at radius 3 is 2.95 bits per heavy atom. The van der Waals surface area contributed by atoms with Gasteiger partial charge in [-0.15, -0.1) is 0 Å². The van der Waals surface area contributed by atoms with Crippen molar-refractivity contribution in [1.82, 2.24) is 0 Å². The van der Waals surface area contributed by atoms with Crippen LogP contribution in [-0.4, -0.2) is 12.6 Å². The SMILES string of the molecule is N#Cc1cc(Br)cc(NCC2Cc3ccccc3O2)c1. The second-order valence-corrected chi connectivity index (χ2v) is 5.69. The van der Waals surface area contributed by atoms with Gasteiger partial charge in [0.05, 0.1) is 18.2 Å². The third kappa shape index (κ3) is 2.78. The van der Waals surface area contributed by atoms with Crippen molar-refractivity contribution in [2.24, 2.45) is 0 Å². The van der Waals surface area contributed by atoms with E-state index in [4.69, 9.17) is 10.00 Å². The van der Waals surface area contributed by atoms with E-state index in [1.165, 1.54) is 5.56 Å². The highest BCUT2D eigenvalue weighted by Gasteiger charge is 2.21. The van der Waals surface area contributed by atoms with Gasteiger partial charge in [-0.1, -0.05) is 34.1 Å². The number of fused-ring (bicyclic) bond motifs is 1. The van der Waals surface area contributed by atoms with Gasteiger partial charge in [-0.3, -0.25) is 0 Å². The van der Waals surface area contributed by atoms with Crippen LogP contribution in [0.15, 0.2) is 46.9 Å². The molecular formula is C16H13BrN2O. The van der Waals surface area contributed by atoms with Gasteiger partial charge < -0.3 is 10.1 Å². The van der Waals surface area contributed by atoms with Crippen LogP contribution < -0.4 is 10.1 Å². The summed E-state index contributed by atoms with van der Waals surface area (Å²) in [5, 5.41) is 12.3. The summed E-state index contributed by atoms with van der Waals surface area (Å²) in [6.07, 6.45) is 1.05. The Balaban J connectivity index is 1.64. The molecule has 100 valence electrons. The molecule has 0 aliphatic carbocycles. The summed E-state index contributed by atoms with van der Waals surface area (Å²) >= 11 is 3.41. The highest BCUT2D eigenvalue weighted by atomic mass is 79.9. The maximum Gasteiger partial charge on any atom is 0.123 e. The van der Waals surface area contributed by atoms with Crippen molar-refractivity contribution in [2.45, 2.75) is 12.5 Å². The van der Waals surface area contributed by atoms with Crippen molar-refractivity contribution in [3.63, 3.8) is 0 Å². The van der Waals surface area contributed by atoms with Crippen molar-refractivity contribution in [2.75, 3.05) is 11.9 Å². The smallest absolute Gasteiger partial charge is 0.123 e. The fourth-order valence-corrected chi connectivity index (χ4v) is 2.85. The topological polar surface area (TPSA) is 45.0 Å². The number of nitrogens with zero attached hydrogens (tertiary/aromatic N) is 1. The fraction of sp³-hybridized carbons (Fsp3) is 0.188. The third-order valence-electron chi connectivity index (χ3n) is 3.27. The molecule has 0 saturated carbocycles. The third-order valence-corrected chi connectivity index (χ3v) is 3.73. The minimum absolute atomic E-state index is 0.136. The van der Waals surface area contributed by atoms with Gasteiger partial charge in [-0.25, -0.2) is 0 Å². The molecule has 3 nitrogen and oxygen atoms in total. The van der Waals surface area contributed by atoms with Gasteiger partial charge in [-0.2, -0.15) is 5.26 Å². The van der Waals surface area contributed by atoms with E-state index in [0.717, 1.165) is 28.9 Å². The molecular weight excluding hydrogens is 316 g/mol. The average Bonchev–Trinajstić information content (AvgIpc) is 2.87. The minimum Gasteiger partial charge on any atom is -0.488 e. The number of rotatable bonds is 3. The molecule has 0 spiro atoms. The number of hydrogen-bond acceptors (Lipinski definition) is 3. The first-order valence-corrected chi connectivity index (χ1v) is 7.23. The molecule has 2 aromatic rings. The van der Waals surface area contributed by atoms with E-state index >= 15 is 0 Å². The molecule has 20 heavy (non-hydrogen) atoms. The van der Waals surface area contributed by atoms with Gasteiger partial charge >= 0.3 is 0 Å². The summed E-state index contributed by atoms with van der Waals surface area (Å²) in [4.78, 5) is 0. The predicted octanol–water partition coefficient (Wildman–Crippen LogP) is 3.74. The number of anilines is 1. The minimum atomic E-state index is 0.136. The zero-order chi connectivity index (χ0) is 13.9. The van der Waals surface area contributed by atoms with E-state index < -0.39 is 0 Å². The number of nitrogens with one attached hydrogen (secondary N) is 1. The molecule has 1 N–H and O–H groups in total. The quantitative estimate of drug-likeness (QED) is 0.933. The molecule has 0 amide bonds. The Bertz CT molecular complexity index is 653. The molecule has 1 aliphatic rings. The van der Waals surface area contributed by atoms with E-state index in [1.54, 1.807) is 6.07 Å². The van der Waals surface area contributed by atoms with Crippen molar-refractivity contribution < 1.29 is 4.74 Å². The van der Waals surface area contributed by atoms with Gasteiger partial charge in [0, 0.05) is 16.6 Å². The molecule has 0 fully saturated rings. The normalized spacial score (nSPS) is 16.1. The van der Waals surface area contributed by atoms with Crippen molar-refractivity contribution in [3.8, 4) is 11.8 Å². The van der Waals surface area contributed by atoms with Crippen LogP contribution in [0.25, 0.3) is 0 Å². The average molecular weight is 329 g/mol. The largest absolute Gasteiger partial charge is 0.488 e. The summed E-state index contributed by atoms with van der Waals surface area (Å²) in [5.74, 6) is 0.978. The van der Waals surface area contributed by atoms with Crippen molar-refractivity contribution in [3.05, 3.63) is 58.1 Å². The summed E-state index contributed by atoms with van der Waals surface area (Å²) < 4.78 is 6.77. The van der Waals surface area contributed by atoms with Gasteiger partial charge in [0.15, 0.2) is 0 Å². The molecule has 3 rings (SSSR count). The molecule has 1 atom stereocenters. The molecule has 4 heteroatoms. The summed E-state index contributed by atoms with van der Waals surface area (Å²) in [7, 11) is 0. The van der Waals surface area contributed by atoms with Crippen molar-refractivity contribution >= 4 is 21.6 Å². The maximum atomic E-state index is 8.96. The van der Waals surface area contributed by atoms with E-state index in [-0.39, 0.29) is 6.10 Å². The number of para-hydroxylation sites is 1. The maximum absolute atomic E-state index is 8.96. The van der Waals surface area contributed by atoms with Gasteiger partial charge in [-0.05, 0) is 29.8 Å². The number of ether oxygens (including phenoxy) is 1. The lowest BCUT2D eigenvalue weighted by atomic mass is 10.1. The van der Waals surface area contributed by atoms with Crippen LogP contribution in [0.3, 0.4) is 0 Å². The highest BCUT2D eigenvalue weighted by molar-refractivity contribution is 9.10. The van der Waals surface area contributed by atoms with Crippen LogP contribution >= 0.6 is 15.9 Å². The van der Waals surface area contributed by atoms with E-state index in [9.17, 15) is 0 Å². The van der Waals surface area contributed by atoms with Gasteiger partial charge in [0.1, 0.15) is 11.9 Å². The Morgan fingerprint density at radius 2 is 2.15 bits per heavy atom. The standard InChI is InChI=1S/C16H13BrN2O/c17-13-5-11(9-18)6-14(8-13)19-10-15-7-12-3-1-2-4-16(12)20-15/h1-6,8,15,19H,7,10H2. The fourth-order valence-electron chi connectivity index (χ4n) is 2.36. The number of nitriles is 1. The van der Waals surface area contributed by atoms with E-state index in [0.29, 0.717) is 5.56 Å². The first kappa shape index (κ1) is 13.0. The second kappa shape index (κ2) is 5.56. The van der Waals surface area contributed by atoms with E-state index in [2.05, 4.69) is 33.4 Å².